The molecule has 0 aliphatic rings. The first-order valence-corrected chi connectivity index (χ1v) is 9.67. The van der Waals surface area contributed by atoms with E-state index in [0.717, 1.165) is 17.7 Å². The molecule has 0 aliphatic carbocycles. The standard InChI is InChI=1S/C17H30N4O2S.HI/c1-7-18-16(21-17(4,5)6)19-10-11-20-24(22,23)15-12-13(2)8-9-14(15)3;/h8-9,12,20H,7,10-11H2,1-6H3,(H2,18,19,21);1H. The average molecular weight is 482 g/mol. The van der Waals surface area contributed by atoms with E-state index in [-0.39, 0.29) is 36.1 Å². The summed E-state index contributed by atoms with van der Waals surface area (Å²) in [6.45, 7) is 13.1. The molecule has 0 amide bonds. The molecule has 0 aliphatic heterocycles. The molecule has 25 heavy (non-hydrogen) atoms. The molecular weight excluding hydrogens is 451 g/mol. The monoisotopic (exact) mass is 482 g/mol. The van der Waals surface area contributed by atoms with Crippen LogP contribution in [0.2, 0.25) is 0 Å². The summed E-state index contributed by atoms with van der Waals surface area (Å²) < 4.78 is 27.4. The van der Waals surface area contributed by atoms with Gasteiger partial charge < -0.3 is 10.6 Å². The Hall–Kier alpha value is -0.870. The zero-order valence-corrected chi connectivity index (χ0v) is 19.1. The Morgan fingerprint density at radius 3 is 2.40 bits per heavy atom. The number of benzene rings is 1. The lowest BCUT2D eigenvalue weighted by Gasteiger charge is -2.23. The van der Waals surface area contributed by atoms with Gasteiger partial charge >= 0.3 is 0 Å². The summed E-state index contributed by atoms with van der Waals surface area (Å²) in [5, 5.41) is 6.41. The maximum absolute atomic E-state index is 12.4. The van der Waals surface area contributed by atoms with Crippen molar-refractivity contribution in [2.24, 2.45) is 4.99 Å². The van der Waals surface area contributed by atoms with Gasteiger partial charge in [-0.2, -0.15) is 0 Å². The third kappa shape index (κ3) is 8.87. The van der Waals surface area contributed by atoms with E-state index >= 15 is 0 Å². The van der Waals surface area contributed by atoms with Gasteiger partial charge in [0.05, 0.1) is 11.4 Å². The number of nitrogens with one attached hydrogen (secondary N) is 3. The first-order valence-electron chi connectivity index (χ1n) is 8.18. The van der Waals surface area contributed by atoms with Crippen molar-refractivity contribution in [3.63, 3.8) is 0 Å². The highest BCUT2D eigenvalue weighted by atomic mass is 127. The number of hydrogen-bond donors (Lipinski definition) is 3. The fourth-order valence-corrected chi connectivity index (χ4v) is 3.43. The molecule has 0 bridgehead atoms. The van der Waals surface area contributed by atoms with Crippen LogP contribution in [0.4, 0.5) is 0 Å². The zero-order valence-electron chi connectivity index (χ0n) is 15.9. The van der Waals surface area contributed by atoms with Crippen molar-refractivity contribution in [3.8, 4) is 0 Å². The van der Waals surface area contributed by atoms with Gasteiger partial charge in [0.1, 0.15) is 0 Å². The molecule has 0 saturated carbocycles. The van der Waals surface area contributed by atoms with Gasteiger partial charge in [0, 0.05) is 18.6 Å². The summed E-state index contributed by atoms with van der Waals surface area (Å²) in [7, 11) is -3.52. The van der Waals surface area contributed by atoms with Crippen molar-refractivity contribution in [1.29, 1.82) is 0 Å². The maximum atomic E-state index is 12.4. The second kappa shape index (κ2) is 10.3. The van der Waals surface area contributed by atoms with Crippen molar-refractivity contribution >= 4 is 40.0 Å². The van der Waals surface area contributed by atoms with Crippen LogP contribution in [-0.4, -0.2) is 39.6 Å². The topological polar surface area (TPSA) is 82.6 Å². The minimum atomic E-state index is -3.52. The third-order valence-electron chi connectivity index (χ3n) is 3.14. The van der Waals surface area contributed by atoms with Crippen LogP contribution in [0, 0.1) is 13.8 Å². The van der Waals surface area contributed by atoms with E-state index in [0.29, 0.717) is 17.4 Å². The Labute approximate surface area is 169 Å². The molecule has 1 aromatic rings. The summed E-state index contributed by atoms with van der Waals surface area (Å²) in [4.78, 5) is 4.73. The second-order valence-corrected chi connectivity index (χ2v) is 8.54. The summed E-state index contributed by atoms with van der Waals surface area (Å²) in [6, 6.07) is 5.41. The lowest BCUT2D eigenvalue weighted by Crippen LogP contribution is -2.47. The average Bonchev–Trinajstić information content (AvgIpc) is 2.44. The first-order chi connectivity index (χ1) is 11.0. The number of rotatable bonds is 6. The van der Waals surface area contributed by atoms with Gasteiger partial charge in [0.25, 0.3) is 0 Å². The molecule has 0 spiro atoms. The molecule has 8 heteroatoms. The van der Waals surface area contributed by atoms with Crippen molar-refractivity contribution < 1.29 is 8.42 Å². The predicted octanol–water partition coefficient (Wildman–Crippen LogP) is 2.55. The predicted molar refractivity (Wildman–Crippen MR) is 115 cm³/mol. The van der Waals surface area contributed by atoms with Gasteiger partial charge in [-0.05, 0) is 58.7 Å². The highest BCUT2D eigenvalue weighted by Crippen LogP contribution is 2.16. The molecule has 0 atom stereocenters. The van der Waals surface area contributed by atoms with Crippen LogP contribution in [0.25, 0.3) is 0 Å². The van der Waals surface area contributed by atoms with Crippen LogP contribution in [0.5, 0.6) is 0 Å². The molecule has 1 aromatic carbocycles. The number of aryl methyl sites for hydroxylation is 2. The van der Waals surface area contributed by atoms with Crippen LogP contribution in [0.3, 0.4) is 0 Å². The van der Waals surface area contributed by atoms with Gasteiger partial charge in [-0.25, -0.2) is 13.1 Å². The highest BCUT2D eigenvalue weighted by Gasteiger charge is 2.16. The zero-order chi connectivity index (χ0) is 18.4. The molecule has 0 fully saturated rings. The molecule has 144 valence electrons. The molecule has 3 N–H and O–H groups in total. The quantitative estimate of drug-likeness (QED) is 0.252. The number of nitrogens with zero attached hydrogens (tertiary/aromatic N) is 1. The van der Waals surface area contributed by atoms with E-state index in [2.05, 4.69) is 20.3 Å². The summed E-state index contributed by atoms with van der Waals surface area (Å²) in [5.74, 6) is 0.677. The summed E-state index contributed by atoms with van der Waals surface area (Å²) in [6.07, 6.45) is 0. The second-order valence-electron chi connectivity index (χ2n) is 6.80. The van der Waals surface area contributed by atoms with Crippen LogP contribution >= 0.6 is 24.0 Å². The largest absolute Gasteiger partial charge is 0.357 e. The van der Waals surface area contributed by atoms with Crippen molar-refractivity contribution in [2.75, 3.05) is 19.6 Å². The Bertz CT molecular complexity index is 682. The van der Waals surface area contributed by atoms with Crippen LogP contribution in [-0.2, 0) is 10.0 Å². The Morgan fingerprint density at radius 1 is 1.20 bits per heavy atom. The number of sulfonamides is 1. The van der Waals surface area contributed by atoms with E-state index in [1.54, 1.807) is 13.0 Å². The van der Waals surface area contributed by atoms with Gasteiger partial charge in [0.15, 0.2) is 5.96 Å². The normalized spacial score (nSPS) is 12.5. The summed E-state index contributed by atoms with van der Waals surface area (Å²) in [5.41, 5.74) is 1.54. The van der Waals surface area contributed by atoms with Crippen LogP contribution in [0.1, 0.15) is 38.8 Å². The van der Waals surface area contributed by atoms with E-state index in [4.69, 9.17) is 0 Å². The summed E-state index contributed by atoms with van der Waals surface area (Å²) >= 11 is 0. The minimum absolute atomic E-state index is 0. The van der Waals surface area contributed by atoms with E-state index in [1.807, 2.05) is 46.8 Å². The molecular formula is C17H31IN4O2S. The molecule has 0 radical (unpaired) electrons. The smallest absolute Gasteiger partial charge is 0.240 e. The number of hydrogen-bond acceptors (Lipinski definition) is 3. The Kier molecular flexibility index (Phi) is 9.96. The molecule has 0 saturated heterocycles. The first kappa shape index (κ1) is 24.1. The molecule has 0 aromatic heterocycles. The lowest BCUT2D eigenvalue weighted by atomic mass is 10.1. The molecule has 6 nitrogen and oxygen atoms in total. The Balaban J connectivity index is 0.00000576. The van der Waals surface area contributed by atoms with Crippen molar-refractivity contribution in [3.05, 3.63) is 29.3 Å². The van der Waals surface area contributed by atoms with Gasteiger partial charge in [-0.1, -0.05) is 12.1 Å². The minimum Gasteiger partial charge on any atom is -0.357 e. The van der Waals surface area contributed by atoms with E-state index < -0.39 is 10.0 Å². The molecule has 0 heterocycles. The SMILES string of the molecule is CCNC(=NCCNS(=O)(=O)c1cc(C)ccc1C)NC(C)(C)C.I. The third-order valence-corrected chi connectivity index (χ3v) is 4.75. The van der Waals surface area contributed by atoms with Gasteiger partial charge in [-0.3, -0.25) is 4.99 Å². The molecule has 1 rings (SSSR count). The van der Waals surface area contributed by atoms with Crippen LogP contribution < -0.4 is 15.4 Å². The van der Waals surface area contributed by atoms with E-state index in [9.17, 15) is 8.42 Å². The maximum Gasteiger partial charge on any atom is 0.240 e. The highest BCUT2D eigenvalue weighted by molar-refractivity contribution is 14.0. The number of halogens is 1. The van der Waals surface area contributed by atoms with Gasteiger partial charge in [-0.15, -0.1) is 24.0 Å². The molecule has 0 unspecified atom stereocenters. The number of guanidine groups is 1. The van der Waals surface area contributed by atoms with Crippen molar-refractivity contribution in [2.45, 2.75) is 52.0 Å². The Morgan fingerprint density at radius 2 is 1.84 bits per heavy atom. The van der Waals surface area contributed by atoms with Crippen molar-refractivity contribution in [1.82, 2.24) is 15.4 Å². The lowest BCUT2D eigenvalue weighted by molar-refractivity contribution is 0.501. The van der Waals surface area contributed by atoms with E-state index in [1.165, 1.54) is 0 Å². The number of aliphatic imine (C=N–C) groups is 1. The van der Waals surface area contributed by atoms with Crippen LogP contribution in [0.15, 0.2) is 28.1 Å². The fourth-order valence-electron chi connectivity index (χ4n) is 2.08. The van der Waals surface area contributed by atoms with Gasteiger partial charge in [0.2, 0.25) is 10.0 Å². The fraction of sp³-hybridized carbons (Fsp3) is 0.588.